The molecule has 2 aliphatic rings. The molecule has 1 aromatic heterocycles. The Bertz CT molecular complexity index is 985. The highest BCUT2D eigenvalue weighted by atomic mass is 35.5. The number of fused-ring (bicyclic) bond motifs is 1. The zero-order valence-electron chi connectivity index (χ0n) is 15.4. The fourth-order valence-corrected chi connectivity index (χ4v) is 4.19. The largest absolute Gasteiger partial charge is 0.461 e. The van der Waals surface area contributed by atoms with Gasteiger partial charge in [-0.2, -0.15) is 0 Å². The van der Waals surface area contributed by atoms with Crippen molar-refractivity contribution in [3.05, 3.63) is 39.6 Å². The van der Waals surface area contributed by atoms with E-state index in [0.29, 0.717) is 5.69 Å². The average molecular weight is 437 g/mol. The third-order valence-corrected chi connectivity index (χ3v) is 5.68. The number of carbonyl (C=O) groups is 3. The number of hydrogen-bond acceptors (Lipinski definition) is 6. The van der Waals surface area contributed by atoms with Crippen molar-refractivity contribution in [2.45, 2.75) is 51.3 Å². The lowest BCUT2D eigenvalue weighted by molar-refractivity contribution is -0.151. The van der Waals surface area contributed by atoms with E-state index in [1.807, 2.05) is 0 Å². The zero-order valence-corrected chi connectivity index (χ0v) is 16.9. The molecule has 4 rings (SSSR count). The monoisotopic (exact) mass is 436 g/mol. The second-order valence-corrected chi connectivity index (χ2v) is 7.94. The van der Waals surface area contributed by atoms with E-state index in [-0.39, 0.29) is 46.5 Å². The van der Waals surface area contributed by atoms with Crippen molar-refractivity contribution in [3.63, 3.8) is 0 Å². The molecule has 152 valence electrons. The van der Waals surface area contributed by atoms with Gasteiger partial charge >= 0.3 is 5.97 Å². The summed E-state index contributed by atoms with van der Waals surface area (Å²) in [5, 5.41) is 8.31. The molecule has 1 aliphatic carbocycles. The van der Waals surface area contributed by atoms with Crippen LogP contribution < -0.4 is 4.90 Å². The lowest BCUT2D eigenvalue weighted by atomic mass is 9.98. The van der Waals surface area contributed by atoms with Crippen LogP contribution in [0.5, 0.6) is 0 Å². The van der Waals surface area contributed by atoms with E-state index < -0.39 is 11.7 Å². The van der Waals surface area contributed by atoms with Gasteiger partial charge in [0.1, 0.15) is 18.3 Å². The van der Waals surface area contributed by atoms with Crippen molar-refractivity contribution in [3.8, 4) is 0 Å². The van der Waals surface area contributed by atoms with E-state index >= 15 is 0 Å². The van der Waals surface area contributed by atoms with Crippen molar-refractivity contribution < 1.29 is 19.1 Å². The molecule has 0 saturated heterocycles. The number of amides is 1. The van der Waals surface area contributed by atoms with Crippen molar-refractivity contribution in [1.82, 2.24) is 15.0 Å². The van der Waals surface area contributed by atoms with Gasteiger partial charge in [0.2, 0.25) is 0 Å². The molecule has 2 heterocycles. The molecule has 10 heteroatoms. The Morgan fingerprint density at radius 3 is 2.62 bits per heavy atom. The Hall–Kier alpha value is -2.45. The minimum absolute atomic E-state index is 0.0185. The minimum Gasteiger partial charge on any atom is -0.461 e. The van der Waals surface area contributed by atoms with Crippen molar-refractivity contribution in [2.75, 3.05) is 4.90 Å². The molecule has 29 heavy (non-hydrogen) atoms. The standard InChI is InChI=1S/C19H18Cl2N4O4/c20-13-6-7-14(21)17-16(13)18(27)19(28)25(17)9-11-8-24(23-22-11)10-15(26)29-12-4-2-1-3-5-12/h6-8,12H,1-5,9-10H2. The van der Waals surface area contributed by atoms with E-state index in [4.69, 9.17) is 27.9 Å². The summed E-state index contributed by atoms with van der Waals surface area (Å²) in [6.07, 6.45) is 6.61. The summed E-state index contributed by atoms with van der Waals surface area (Å²) in [6.45, 7) is -0.0884. The Morgan fingerprint density at radius 2 is 1.86 bits per heavy atom. The molecule has 0 spiro atoms. The highest BCUT2D eigenvalue weighted by Gasteiger charge is 2.39. The van der Waals surface area contributed by atoms with Gasteiger partial charge in [-0.15, -0.1) is 5.10 Å². The second-order valence-electron chi connectivity index (χ2n) is 7.13. The summed E-state index contributed by atoms with van der Waals surface area (Å²) >= 11 is 12.3. The van der Waals surface area contributed by atoms with Crippen LogP contribution in [-0.4, -0.2) is 38.8 Å². The van der Waals surface area contributed by atoms with Crippen LogP contribution in [0.1, 0.15) is 48.2 Å². The Morgan fingerprint density at radius 1 is 1.14 bits per heavy atom. The molecule has 1 aliphatic heterocycles. The Balaban J connectivity index is 1.45. The van der Waals surface area contributed by atoms with E-state index in [2.05, 4.69) is 10.3 Å². The molecule has 0 bridgehead atoms. The molecule has 2 aromatic rings. The number of hydrogen-bond donors (Lipinski definition) is 0. The topological polar surface area (TPSA) is 94.4 Å². The third-order valence-electron chi connectivity index (χ3n) is 5.06. The average Bonchev–Trinajstić information content (AvgIpc) is 3.24. The van der Waals surface area contributed by atoms with Crippen LogP contribution in [-0.2, 0) is 27.4 Å². The van der Waals surface area contributed by atoms with Crippen LogP contribution >= 0.6 is 23.2 Å². The molecular weight excluding hydrogens is 419 g/mol. The molecular formula is C19H18Cl2N4O4. The first-order chi connectivity index (χ1) is 13.9. The molecule has 1 fully saturated rings. The lowest BCUT2D eigenvalue weighted by Crippen LogP contribution is -2.29. The molecule has 1 saturated carbocycles. The highest BCUT2D eigenvalue weighted by molar-refractivity contribution is 6.56. The number of esters is 1. The number of rotatable bonds is 5. The van der Waals surface area contributed by atoms with Crippen LogP contribution in [0.4, 0.5) is 5.69 Å². The second kappa shape index (κ2) is 8.12. The number of carbonyl (C=O) groups excluding carboxylic acids is 3. The summed E-state index contributed by atoms with van der Waals surface area (Å²) in [7, 11) is 0. The van der Waals surface area contributed by atoms with Gasteiger partial charge in [0.25, 0.3) is 11.7 Å². The number of ketones is 1. The first-order valence-corrected chi connectivity index (χ1v) is 10.1. The van der Waals surface area contributed by atoms with Crippen LogP contribution in [0.3, 0.4) is 0 Å². The first kappa shape index (κ1) is 19.8. The van der Waals surface area contributed by atoms with E-state index in [1.54, 1.807) is 0 Å². The molecule has 8 nitrogen and oxygen atoms in total. The predicted molar refractivity (Wildman–Crippen MR) is 105 cm³/mol. The number of ether oxygens (including phenoxy) is 1. The molecule has 0 radical (unpaired) electrons. The molecule has 0 N–H and O–H groups in total. The predicted octanol–water partition coefficient (Wildman–Crippen LogP) is 3.19. The maximum atomic E-state index is 12.4. The lowest BCUT2D eigenvalue weighted by Gasteiger charge is -2.21. The summed E-state index contributed by atoms with van der Waals surface area (Å²) in [6, 6.07) is 3.01. The zero-order chi connectivity index (χ0) is 20.5. The fraction of sp³-hybridized carbons (Fsp3) is 0.421. The highest BCUT2D eigenvalue weighted by Crippen LogP contribution is 2.40. The first-order valence-electron chi connectivity index (χ1n) is 9.36. The summed E-state index contributed by atoms with van der Waals surface area (Å²) in [5.74, 6) is -1.82. The number of nitrogens with zero attached hydrogens (tertiary/aromatic N) is 4. The SMILES string of the molecule is O=C(Cn1cc(CN2C(=O)C(=O)c3c(Cl)ccc(Cl)c32)nn1)OC1CCCCC1. The van der Waals surface area contributed by atoms with Gasteiger partial charge in [0.15, 0.2) is 0 Å². The van der Waals surface area contributed by atoms with E-state index in [0.717, 1.165) is 25.7 Å². The van der Waals surface area contributed by atoms with Crippen molar-refractivity contribution >= 4 is 46.5 Å². The van der Waals surface area contributed by atoms with Crippen LogP contribution in [0.15, 0.2) is 18.3 Å². The Labute approximate surface area is 176 Å². The van der Waals surface area contributed by atoms with Gasteiger partial charge in [0, 0.05) is 0 Å². The maximum absolute atomic E-state index is 12.4. The summed E-state index contributed by atoms with van der Waals surface area (Å²) < 4.78 is 6.83. The van der Waals surface area contributed by atoms with E-state index in [9.17, 15) is 14.4 Å². The fourth-order valence-electron chi connectivity index (χ4n) is 3.69. The van der Waals surface area contributed by atoms with Gasteiger partial charge < -0.3 is 4.74 Å². The molecule has 1 aromatic carbocycles. The van der Waals surface area contributed by atoms with E-state index in [1.165, 1.54) is 34.3 Å². The van der Waals surface area contributed by atoms with Crippen LogP contribution in [0, 0.1) is 0 Å². The van der Waals surface area contributed by atoms with Gasteiger partial charge in [-0.25, -0.2) is 4.68 Å². The number of Topliss-reactive ketones (excluding diaryl/α,β-unsaturated/α-hetero) is 1. The quantitative estimate of drug-likeness (QED) is 0.527. The van der Waals surface area contributed by atoms with Gasteiger partial charge in [0.05, 0.1) is 34.0 Å². The third kappa shape index (κ3) is 4.00. The number of benzene rings is 1. The maximum Gasteiger partial charge on any atom is 0.328 e. The van der Waals surface area contributed by atoms with Gasteiger partial charge in [-0.05, 0) is 37.8 Å². The van der Waals surface area contributed by atoms with Gasteiger partial charge in [-0.3, -0.25) is 19.3 Å². The molecule has 0 unspecified atom stereocenters. The number of halogens is 2. The number of anilines is 1. The van der Waals surface area contributed by atoms with Crippen LogP contribution in [0.25, 0.3) is 0 Å². The van der Waals surface area contributed by atoms with Gasteiger partial charge in [-0.1, -0.05) is 34.8 Å². The minimum atomic E-state index is -0.735. The van der Waals surface area contributed by atoms with Crippen molar-refractivity contribution in [1.29, 1.82) is 0 Å². The smallest absolute Gasteiger partial charge is 0.328 e. The summed E-state index contributed by atoms with van der Waals surface area (Å²) in [5.41, 5.74) is 0.758. The van der Waals surface area contributed by atoms with Crippen molar-refractivity contribution in [2.24, 2.45) is 0 Å². The van der Waals surface area contributed by atoms with Crippen LogP contribution in [0.2, 0.25) is 10.0 Å². The normalized spacial score (nSPS) is 17.0. The number of aromatic nitrogens is 3. The Kier molecular flexibility index (Phi) is 5.56. The molecule has 1 amide bonds. The molecule has 0 atom stereocenters. The summed E-state index contributed by atoms with van der Waals surface area (Å²) in [4.78, 5) is 38.0.